The predicted molar refractivity (Wildman–Crippen MR) is 89.4 cm³/mol. The monoisotopic (exact) mass is 330 g/mol. The highest BCUT2D eigenvalue weighted by Crippen LogP contribution is 2.32. The summed E-state index contributed by atoms with van der Waals surface area (Å²) in [7, 11) is 0. The number of aryl methyl sites for hydroxylation is 1. The van der Waals surface area contributed by atoms with Crippen LogP contribution < -0.4 is 0 Å². The first-order valence-electron chi connectivity index (χ1n) is 9.13. The molecule has 1 saturated heterocycles. The van der Waals surface area contributed by atoms with E-state index in [9.17, 15) is 5.11 Å². The molecule has 0 spiro atoms. The molecule has 4 heterocycles. The summed E-state index contributed by atoms with van der Waals surface area (Å²) in [5.41, 5.74) is 0. The Bertz CT molecular complexity index is 652. The summed E-state index contributed by atoms with van der Waals surface area (Å²) in [6, 6.07) is 2.17. The molecule has 1 N–H and O–H groups in total. The van der Waals surface area contributed by atoms with Crippen molar-refractivity contribution in [3.05, 3.63) is 30.1 Å². The van der Waals surface area contributed by atoms with Gasteiger partial charge in [-0.25, -0.2) is 0 Å². The molecular weight excluding hydrogens is 304 g/mol. The van der Waals surface area contributed by atoms with E-state index in [1.807, 2.05) is 12.3 Å². The summed E-state index contributed by atoms with van der Waals surface area (Å²) >= 11 is 0. The van der Waals surface area contributed by atoms with Crippen molar-refractivity contribution in [1.82, 2.24) is 29.4 Å². The van der Waals surface area contributed by atoms with Crippen LogP contribution in [0.4, 0.5) is 0 Å². The summed E-state index contributed by atoms with van der Waals surface area (Å²) < 4.78 is 4.13. The highest BCUT2D eigenvalue weighted by Gasteiger charge is 2.32. The van der Waals surface area contributed by atoms with E-state index in [4.69, 9.17) is 0 Å². The minimum Gasteiger partial charge on any atom is -0.390 e. The molecule has 0 bridgehead atoms. The second kappa shape index (κ2) is 7.03. The molecule has 0 unspecified atom stereocenters. The average molecular weight is 330 g/mol. The van der Waals surface area contributed by atoms with Crippen LogP contribution in [-0.2, 0) is 19.5 Å². The zero-order valence-electron chi connectivity index (χ0n) is 14.1. The Morgan fingerprint density at radius 1 is 1.12 bits per heavy atom. The van der Waals surface area contributed by atoms with E-state index in [0.717, 1.165) is 44.0 Å². The van der Waals surface area contributed by atoms with E-state index in [-0.39, 0.29) is 6.04 Å². The van der Waals surface area contributed by atoms with Crippen LogP contribution in [0.5, 0.6) is 0 Å². The van der Waals surface area contributed by atoms with Crippen molar-refractivity contribution in [2.75, 3.05) is 13.1 Å². The SMILES string of the molecule is O[C@H](CN1CCC[C@H]1c1nnc2n1CCCCC2)Cn1cccn1. The average Bonchev–Trinajstić information content (AvgIpc) is 3.27. The summed E-state index contributed by atoms with van der Waals surface area (Å²) in [6.07, 6.45) is 10.2. The smallest absolute Gasteiger partial charge is 0.150 e. The molecule has 2 atom stereocenters. The summed E-state index contributed by atoms with van der Waals surface area (Å²) in [4.78, 5) is 2.37. The lowest BCUT2D eigenvalue weighted by Crippen LogP contribution is -2.35. The Labute approximate surface area is 142 Å². The van der Waals surface area contributed by atoms with Crippen molar-refractivity contribution in [3.8, 4) is 0 Å². The molecule has 0 amide bonds. The normalized spacial score (nSPS) is 23.1. The molecular formula is C17H26N6O. The van der Waals surface area contributed by atoms with Crippen LogP contribution in [0.25, 0.3) is 0 Å². The van der Waals surface area contributed by atoms with Gasteiger partial charge in [0.25, 0.3) is 0 Å². The largest absolute Gasteiger partial charge is 0.390 e. The highest BCUT2D eigenvalue weighted by molar-refractivity contribution is 5.05. The van der Waals surface area contributed by atoms with Crippen molar-refractivity contribution in [3.63, 3.8) is 0 Å². The first-order chi connectivity index (χ1) is 11.8. The lowest BCUT2D eigenvalue weighted by Gasteiger charge is -2.26. The number of likely N-dealkylation sites (tertiary alicyclic amines) is 1. The van der Waals surface area contributed by atoms with Crippen molar-refractivity contribution in [2.24, 2.45) is 0 Å². The number of hydrogen-bond acceptors (Lipinski definition) is 5. The Morgan fingerprint density at radius 2 is 2.08 bits per heavy atom. The molecule has 2 aliphatic rings. The molecule has 1 fully saturated rings. The standard InChI is InChI=1S/C17H26N6O/c24-14(13-22-10-5-8-18-22)12-21-9-4-6-15(21)17-20-19-16-7-2-1-3-11-23(16)17/h5,8,10,14-15,24H,1-4,6-7,9,11-13H2/t14-,15+/m1/s1. The molecule has 7 heteroatoms. The van der Waals surface area contributed by atoms with Gasteiger partial charge in [-0.2, -0.15) is 5.10 Å². The summed E-state index contributed by atoms with van der Waals surface area (Å²) in [6.45, 7) is 3.25. The Morgan fingerprint density at radius 3 is 2.96 bits per heavy atom. The Kier molecular flexibility index (Phi) is 4.62. The van der Waals surface area contributed by atoms with Crippen LogP contribution in [0.2, 0.25) is 0 Å². The molecule has 0 aromatic carbocycles. The van der Waals surface area contributed by atoms with E-state index >= 15 is 0 Å². The van der Waals surface area contributed by atoms with Gasteiger partial charge in [0, 0.05) is 31.9 Å². The van der Waals surface area contributed by atoms with Crippen LogP contribution >= 0.6 is 0 Å². The number of β-amino-alcohol motifs (C(OH)–C–C–N with tert-alkyl or cyclic N) is 1. The van der Waals surface area contributed by atoms with Crippen LogP contribution in [0.3, 0.4) is 0 Å². The number of hydrogen-bond donors (Lipinski definition) is 1. The topological polar surface area (TPSA) is 72.0 Å². The number of fused-ring (bicyclic) bond motifs is 1. The van der Waals surface area contributed by atoms with E-state index in [2.05, 4.69) is 24.8 Å². The number of rotatable bonds is 5. The maximum atomic E-state index is 10.4. The van der Waals surface area contributed by atoms with Crippen LogP contribution in [0.1, 0.15) is 49.8 Å². The van der Waals surface area contributed by atoms with Gasteiger partial charge in [-0.3, -0.25) is 9.58 Å². The quantitative estimate of drug-likeness (QED) is 0.897. The zero-order valence-corrected chi connectivity index (χ0v) is 14.1. The van der Waals surface area contributed by atoms with Crippen molar-refractivity contribution in [1.29, 1.82) is 0 Å². The first kappa shape index (κ1) is 15.8. The van der Waals surface area contributed by atoms with E-state index < -0.39 is 6.10 Å². The molecule has 24 heavy (non-hydrogen) atoms. The van der Waals surface area contributed by atoms with Crippen molar-refractivity contribution < 1.29 is 5.11 Å². The third kappa shape index (κ3) is 3.23. The van der Waals surface area contributed by atoms with Gasteiger partial charge in [0.15, 0.2) is 0 Å². The minimum atomic E-state index is -0.419. The fourth-order valence-corrected chi connectivity index (χ4v) is 4.04. The third-order valence-electron chi connectivity index (χ3n) is 5.20. The Balaban J connectivity index is 1.46. The molecule has 2 aromatic heterocycles. The molecule has 0 saturated carbocycles. The highest BCUT2D eigenvalue weighted by atomic mass is 16.3. The van der Waals surface area contributed by atoms with E-state index in [1.165, 1.54) is 19.3 Å². The number of aliphatic hydroxyl groups excluding tert-OH is 1. The minimum absolute atomic E-state index is 0.289. The lowest BCUT2D eigenvalue weighted by atomic mass is 10.2. The first-order valence-corrected chi connectivity index (χ1v) is 9.13. The number of aliphatic hydroxyl groups is 1. The Hall–Kier alpha value is -1.73. The summed E-state index contributed by atoms with van der Waals surface area (Å²) in [5.74, 6) is 2.25. The molecule has 0 radical (unpaired) electrons. The molecule has 0 aliphatic carbocycles. The fraction of sp³-hybridized carbons (Fsp3) is 0.706. The van der Waals surface area contributed by atoms with Gasteiger partial charge >= 0.3 is 0 Å². The van der Waals surface area contributed by atoms with Gasteiger partial charge in [0.1, 0.15) is 11.6 Å². The van der Waals surface area contributed by atoms with Crippen LogP contribution in [-0.4, -0.2) is 53.7 Å². The molecule has 130 valence electrons. The van der Waals surface area contributed by atoms with Crippen LogP contribution in [0.15, 0.2) is 18.5 Å². The van der Waals surface area contributed by atoms with Crippen molar-refractivity contribution >= 4 is 0 Å². The zero-order chi connectivity index (χ0) is 16.4. The second-order valence-corrected chi connectivity index (χ2v) is 6.97. The van der Waals surface area contributed by atoms with Gasteiger partial charge in [0.05, 0.1) is 18.7 Å². The maximum Gasteiger partial charge on any atom is 0.150 e. The van der Waals surface area contributed by atoms with Gasteiger partial charge in [-0.05, 0) is 38.3 Å². The van der Waals surface area contributed by atoms with E-state index in [0.29, 0.717) is 13.1 Å². The van der Waals surface area contributed by atoms with Gasteiger partial charge in [-0.15, -0.1) is 10.2 Å². The third-order valence-corrected chi connectivity index (χ3v) is 5.20. The molecule has 2 aromatic rings. The van der Waals surface area contributed by atoms with Gasteiger partial charge in [0.2, 0.25) is 0 Å². The summed E-state index contributed by atoms with van der Waals surface area (Å²) in [5, 5.41) is 23.6. The number of aromatic nitrogens is 5. The van der Waals surface area contributed by atoms with Gasteiger partial charge < -0.3 is 9.67 Å². The molecule has 2 aliphatic heterocycles. The van der Waals surface area contributed by atoms with Gasteiger partial charge in [-0.1, -0.05) is 6.42 Å². The lowest BCUT2D eigenvalue weighted by molar-refractivity contribution is 0.0866. The molecule has 4 rings (SSSR count). The maximum absolute atomic E-state index is 10.4. The predicted octanol–water partition coefficient (Wildman–Crippen LogP) is 1.40. The van der Waals surface area contributed by atoms with Crippen molar-refractivity contribution in [2.45, 2.75) is 63.8 Å². The molecule has 7 nitrogen and oxygen atoms in total. The second-order valence-electron chi connectivity index (χ2n) is 6.97. The van der Waals surface area contributed by atoms with Crippen LogP contribution in [0, 0.1) is 0 Å². The number of nitrogens with zero attached hydrogens (tertiary/aromatic N) is 6. The fourth-order valence-electron chi connectivity index (χ4n) is 4.04. The van der Waals surface area contributed by atoms with E-state index in [1.54, 1.807) is 10.9 Å².